The molecular formula is C10H13N2NaO3S. The molecule has 1 atom stereocenters. The van der Waals surface area contributed by atoms with Crippen molar-refractivity contribution >= 4 is 50.7 Å². The molecule has 1 N–H and O–H groups in total. The summed E-state index contributed by atoms with van der Waals surface area (Å²) in [6.07, 6.45) is 1.58. The zero-order chi connectivity index (χ0) is 11.8. The summed E-state index contributed by atoms with van der Waals surface area (Å²) in [5, 5.41) is 0. The Labute approximate surface area is 122 Å². The topological polar surface area (TPSA) is 72.2 Å². The Bertz CT molecular complexity index is 609. The van der Waals surface area contributed by atoms with Crippen molar-refractivity contribution in [3.63, 3.8) is 0 Å². The van der Waals surface area contributed by atoms with Crippen molar-refractivity contribution in [3.05, 3.63) is 30.6 Å². The van der Waals surface area contributed by atoms with E-state index in [1.54, 1.807) is 17.8 Å². The van der Waals surface area contributed by atoms with E-state index in [2.05, 4.69) is 4.98 Å². The Balaban J connectivity index is 0.00000144. The summed E-state index contributed by atoms with van der Waals surface area (Å²) in [7, 11) is -3.97. The third-order valence-corrected chi connectivity index (χ3v) is 3.31. The molecule has 5 nitrogen and oxygen atoms in total. The first-order valence-electron chi connectivity index (χ1n) is 4.84. The van der Waals surface area contributed by atoms with Gasteiger partial charge in [-0.25, -0.2) is 4.98 Å². The average Bonchev–Trinajstić information content (AvgIpc) is 2.58. The standard InChI is InChI=1S/C10H12N2O3S.Na.H/c1-8(6-16(13,14)15)12-7-11-9-4-2-3-5-10(9)12;;/h2-5,7-8H,6H2,1H3,(H,13,14,15);;. The molecule has 0 radical (unpaired) electrons. The molecule has 0 aliphatic rings. The Hall–Kier alpha value is -0.400. The Morgan fingerprint density at radius 1 is 1.41 bits per heavy atom. The van der Waals surface area contributed by atoms with Crippen LogP contribution in [0.25, 0.3) is 11.0 Å². The summed E-state index contributed by atoms with van der Waals surface area (Å²) >= 11 is 0. The first-order valence-corrected chi connectivity index (χ1v) is 6.45. The van der Waals surface area contributed by atoms with E-state index in [0.717, 1.165) is 11.0 Å². The Morgan fingerprint density at radius 3 is 2.71 bits per heavy atom. The number of aromatic nitrogens is 2. The van der Waals surface area contributed by atoms with E-state index >= 15 is 0 Å². The normalized spacial score (nSPS) is 13.3. The first kappa shape index (κ1) is 14.7. The molecule has 1 aromatic heterocycles. The quantitative estimate of drug-likeness (QED) is 0.658. The van der Waals surface area contributed by atoms with Crippen molar-refractivity contribution in [2.45, 2.75) is 13.0 Å². The molecule has 1 unspecified atom stereocenters. The molecule has 1 aromatic carbocycles. The van der Waals surface area contributed by atoms with Gasteiger partial charge in [-0.15, -0.1) is 0 Å². The molecule has 0 bridgehead atoms. The van der Waals surface area contributed by atoms with Gasteiger partial charge in [0, 0.05) is 6.04 Å². The molecule has 0 spiro atoms. The SMILES string of the molecule is CC(CS(=O)(=O)O)n1cnc2ccccc21.[NaH]. The van der Waals surface area contributed by atoms with Crippen LogP contribution in [0.3, 0.4) is 0 Å². The van der Waals surface area contributed by atoms with Crippen LogP contribution in [-0.2, 0) is 10.1 Å². The molecule has 0 fully saturated rings. The van der Waals surface area contributed by atoms with Gasteiger partial charge in [-0.3, -0.25) is 4.55 Å². The van der Waals surface area contributed by atoms with E-state index in [1.165, 1.54) is 0 Å². The summed E-state index contributed by atoms with van der Waals surface area (Å²) in [4.78, 5) is 4.16. The van der Waals surface area contributed by atoms with Crippen LogP contribution in [0.5, 0.6) is 0 Å². The number of para-hydroxylation sites is 2. The van der Waals surface area contributed by atoms with Gasteiger partial charge in [0.2, 0.25) is 0 Å². The van der Waals surface area contributed by atoms with Gasteiger partial charge in [0.05, 0.1) is 23.1 Å². The summed E-state index contributed by atoms with van der Waals surface area (Å²) in [5.74, 6) is -0.312. The van der Waals surface area contributed by atoms with Gasteiger partial charge in [0.25, 0.3) is 10.1 Å². The summed E-state index contributed by atoms with van der Waals surface area (Å²) in [6.45, 7) is 1.72. The van der Waals surface area contributed by atoms with Crippen LogP contribution in [0.4, 0.5) is 0 Å². The van der Waals surface area contributed by atoms with Gasteiger partial charge in [0.15, 0.2) is 0 Å². The van der Waals surface area contributed by atoms with Gasteiger partial charge in [-0.05, 0) is 19.1 Å². The van der Waals surface area contributed by atoms with Gasteiger partial charge in [-0.2, -0.15) is 8.42 Å². The molecule has 2 rings (SSSR count). The molecule has 2 aromatic rings. The maximum absolute atomic E-state index is 10.8. The number of fused-ring (bicyclic) bond motifs is 1. The second-order valence-corrected chi connectivity index (χ2v) is 5.24. The van der Waals surface area contributed by atoms with Crippen molar-refractivity contribution in [2.24, 2.45) is 0 Å². The van der Waals surface area contributed by atoms with Crippen molar-refractivity contribution in [1.29, 1.82) is 0 Å². The second-order valence-electron chi connectivity index (χ2n) is 3.74. The number of imidazole rings is 1. The molecule has 0 amide bonds. The predicted octanol–water partition coefficient (Wildman–Crippen LogP) is 0.837. The van der Waals surface area contributed by atoms with Crippen LogP contribution in [0.15, 0.2) is 30.6 Å². The summed E-state index contributed by atoms with van der Waals surface area (Å²) < 4.78 is 32.1. The van der Waals surface area contributed by atoms with E-state index in [9.17, 15) is 8.42 Å². The van der Waals surface area contributed by atoms with Gasteiger partial charge >= 0.3 is 29.6 Å². The van der Waals surface area contributed by atoms with E-state index < -0.39 is 10.1 Å². The molecule has 0 aliphatic heterocycles. The predicted molar refractivity (Wildman–Crippen MR) is 68.0 cm³/mol. The van der Waals surface area contributed by atoms with Gasteiger partial charge in [0.1, 0.15) is 0 Å². The van der Waals surface area contributed by atoms with Crippen LogP contribution in [0.2, 0.25) is 0 Å². The second kappa shape index (κ2) is 5.49. The maximum atomic E-state index is 10.8. The van der Waals surface area contributed by atoms with Crippen molar-refractivity contribution in [1.82, 2.24) is 9.55 Å². The van der Waals surface area contributed by atoms with E-state index in [4.69, 9.17) is 4.55 Å². The molecule has 0 saturated carbocycles. The number of hydrogen-bond donors (Lipinski definition) is 1. The van der Waals surface area contributed by atoms with Crippen LogP contribution in [0.1, 0.15) is 13.0 Å². The first-order chi connectivity index (χ1) is 7.47. The zero-order valence-corrected chi connectivity index (χ0v) is 9.55. The monoisotopic (exact) mass is 264 g/mol. The fourth-order valence-electron chi connectivity index (χ4n) is 1.71. The number of nitrogens with zero attached hydrogens (tertiary/aromatic N) is 2. The van der Waals surface area contributed by atoms with Crippen LogP contribution in [0, 0.1) is 0 Å². The van der Waals surface area contributed by atoms with Crippen LogP contribution in [-0.4, -0.2) is 57.8 Å². The number of hydrogen-bond acceptors (Lipinski definition) is 3. The molecule has 0 aliphatic carbocycles. The fourth-order valence-corrected chi connectivity index (χ4v) is 2.48. The van der Waals surface area contributed by atoms with E-state index in [1.807, 2.05) is 24.3 Å². The van der Waals surface area contributed by atoms with Gasteiger partial charge < -0.3 is 4.57 Å². The Kier molecular flexibility index (Phi) is 4.74. The van der Waals surface area contributed by atoms with Crippen molar-refractivity contribution in [2.75, 3.05) is 5.75 Å². The van der Waals surface area contributed by atoms with E-state index in [0.29, 0.717) is 0 Å². The third-order valence-electron chi connectivity index (χ3n) is 2.41. The van der Waals surface area contributed by atoms with E-state index in [-0.39, 0.29) is 41.4 Å². The fraction of sp³-hybridized carbons (Fsp3) is 0.300. The molecule has 17 heavy (non-hydrogen) atoms. The Morgan fingerprint density at radius 2 is 2.06 bits per heavy atom. The summed E-state index contributed by atoms with van der Waals surface area (Å²) in [6, 6.07) is 7.10. The molecule has 1 heterocycles. The molecule has 0 saturated heterocycles. The van der Waals surface area contributed by atoms with Crippen molar-refractivity contribution < 1.29 is 13.0 Å². The minimum absolute atomic E-state index is 0. The molecular weight excluding hydrogens is 251 g/mol. The minimum atomic E-state index is -3.97. The molecule has 7 heteroatoms. The number of rotatable bonds is 3. The number of benzene rings is 1. The van der Waals surface area contributed by atoms with Crippen LogP contribution >= 0.6 is 0 Å². The molecule has 88 valence electrons. The zero-order valence-electron chi connectivity index (χ0n) is 8.74. The summed E-state index contributed by atoms with van der Waals surface area (Å²) in [5.41, 5.74) is 1.67. The third kappa shape index (κ3) is 3.53. The van der Waals surface area contributed by atoms with Crippen LogP contribution < -0.4 is 0 Å². The average molecular weight is 264 g/mol. The van der Waals surface area contributed by atoms with Gasteiger partial charge in [-0.1, -0.05) is 12.1 Å². The van der Waals surface area contributed by atoms with Crippen molar-refractivity contribution in [3.8, 4) is 0 Å².